The summed E-state index contributed by atoms with van der Waals surface area (Å²) in [6.45, 7) is 6.16. The lowest BCUT2D eigenvalue weighted by atomic mass is 10.5. The zero-order chi connectivity index (χ0) is 13.5. The second-order valence-electron chi connectivity index (χ2n) is 4.72. The van der Waals surface area contributed by atoms with Crippen LogP contribution in [-0.4, -0.2) is 35.8 Å². The Morgan fingerprint density at radius 3 is 3.00 bits per heavy atom. The standard InChI is InChI=1S/C13H22N4S2.HI/c1-3-14-12(17-11-9-10(11)2)15-5-4-7-18-13-16-6-8-19-13;/h6,8,10-11H,3-5,7,9H2,1-2H3,(H2,14,15,17);1H. The molecule has 114 valence electrons. The number of aromatic nitrogens is 1. The second kappa shape index (κ2) is 9.83. The molecule has 0 spiro atoms. The van der Waals surface area contributed by atoms with E-state index in [2.05, 4.69) is 34.5 Å². The number of rotatable bonds is 7. The van der Waals surface area contributed by atoms with Crippen molar-refractivity contribution in [3.63, 3.8) is 0 Å². The summed E-state index contributed by atoms with van der Waals surface area (Å²) in [7, 11) is 0. The quantitative estimate of drug-likeness (QED) is 0.231. The van der Waals surface area contributed by atoms with Crippen molar-refractivity contribution in [3.8, 4) is 0 Å². The van der Waals surface area contributed by atoms with Crippen LogP contribution in [0.15, 0.2) is 20.9 Å². The molecule has 1 saturated carbocycles. The molecule has 1 aliphatic rings. The molecule has 0 aromatic carbocycles. The van der Waals surface area contributed by atoms with Crippen LogP contribution in [-0.2, 0) is 0 Å². The van der Waals surface area contributed by atoms with E-state index in [9.17, 15) is 0 Å². The monoisotopic (exact) mass is 426 g/mol. The minimum absolute atomic E-state index is 0. The summed E-state index contributed by atoms with van der Waals surface area (Å²) in [5.41, 5.74) is 0. The first-order valence-electron chi connectivity index (χ1n) is 6.86. The Bertz CT molecular complexity index is 397. The van der Waals surface area contributed by atoms with Crippen molar-refractivity contribution in [1.82, 2.24) is 15.6 Å². The molecule has 20 heavy (non-hydrogen) atoms. The van der Waals surface area contributed by atoms with Crippen molar-refractivity contribution in [2.24, 2.45) is 10.9 Å². The minimum Gasteiger partial charge on any atom is -0.357 e. The third-order valence-electron chi connectivity index (χ3n) is 2.98. The first-order chi connectivity index (χ1) is 9.29. The lowest BCUT2D eigenvalue weighted by Crippen LogP contribution is -2.39. The summed E-state index contributed by atoms with van der Waals surface area (Å²) in [5.74, 6) is 2.84. The van der Waals surface area contributed by atoms with E-state index in [1.54, 1.807) is 11.3 Å². The van der Waals surface area contributed by atoms with Crippen LogP contribution in [0.3, 0.4) is 0 Å². The molecule has 1 aromatic rings. The SMILES string of the molecule is CCNC(=NCCCSc1nccs1)NC1CC1C.I. The Kier molecular flexibility index (Phi) is 8.86. The van der Waals surface area contributed by atoms with Gasteiger partial charge >= 0.3 is 0 Å². The van der Waals surface area contributed by atoms with Crippen molar-refractivity contribution in [1.29, 1.82) is 0 Å². The Morgan fingerprint density at radius 2 is 2.40 bits per heavy atom. The smallest absolute Gasteiger partial charge is 0.191 e. The van der Waals surface area contributed by atoms with Crippen molar-refractivity contribution in [3.05, 3.63) is 11.6 Å². The molecule has 0 saturated heterocycles. The molecule has 2 unspecified atom stereocenters. The van der Waals surface area contributed by atoms with Crippen LogP contribution in [0, 0.1) is 5.92 Å². The zero-order valence-corrected chi connectivity index (χ0v) is 15.9. The Labute approximate surface area is 146 Å². The maximum atomic E-state index is 4.61. The molecule has 7 heteroatoms. The van der Waals surface area contributed by atoms with Crippen molar-refractivity contribution < 1.29 is 0 Å². The minimum atomic E-state index is 0. The van der Waals surface area contributed by atoms with E-state index in [0.717, 1.165) is 41.5 Å². The van der Waals surface area contributed by atoms with Gasteiger partial charge < -0.3 is 10.6 Å². The molecule has 2 rings (SSSR count). The molecule has 0 aliphatic heterocycles. The number of aliphatic imine (C=N–C) groups is 1. The van der Waals surface area contributed by atoms with E-state index in [1.165, 1.54) is 6.42 Å². The predicted molar refractivity (Wildman–Crippen MR) is 99.6 cm³/mol. The van der Waals surface area contributed by atoms with Gasteiger partial charge in [0.15, 0.2) is 5.96 Å². The van der Waals surface area contributed by atoms with Gasteiger partial charge in [-0.3, -0.25) is 4.99 Å². The van der Waals surface area contributed by atoms with Gasteiger partial charge in [-0.25, -0.2) is 4.98 Å². The lowest BCUT2D eigenvalue weighted by Gasteiger charge is -2.10. The fourth-order valence-corrected chi connectivity index (χ4v) is 3.35. The molecule has 0 amide bonds. The third-order valence-corrected chi connectivity index (χ3v) is 5.04. The normalized spacial score (nSPS) is 21.2. The van der Waals surface area contributed by atoms with Gasteiger partial charge in [-0.05, 0) is 25.7 Å². The Hall–Kier alpha value is -0.0200. The number of nitrogens with zero attached hydrogens (tertiary/aromatic N) is 2. The third kappa shape index (κ3) is 6.62. The number of guanidine groups is 1. The summed E-state index contributed by atoms with van der Waals surface area (Å²) in [6, 6.07) is 0.627. The van der Waals surface area contributed by atoms with Gasteiger partial charge in [-0.2, -0.15) is 0 Å². The maximum Gasteiger partial charge on any atom is 0.191 e. The number of thiazole rings is 1. The summed E-state index contributed by atoms with van der Waals surface area (Å²) in [6.07, 6.45) is 4.21. The highest BCUT2D eigenvalue weighted by Gasteiger charge is 2.33. The lowest BCUT2D eigenvalue weighted by molar-refractivity contribution is 0.763. The zero-order valence-electron chi connectivity index (χ0n) is 12.0. The van der Waals surface area contributed by atoms with Crippen LogP contribution in [0.5, 0.6) is 0 Å². The van der Waals surface area contributed by atoms with Crippen molar-refractivity contribution >= 4 is 53.0 Å². The topological polar surface area (TPSA) is 49.3 Å². The summed E-state index contributed by atoms with van der Waals surface area (Å²) in [5, 5.41) is 8.79. The largest absolute Gasteiger partial charge is 0.357 e. The van der Waals surface area contributed by atoms with Gasteiger partial charge in [0, 0.05) is 36.5 Å². The van der Waals surface area contributed by atoms with E-state index in [1.807, 2.05) is 23.3 Å². The first-order valence-corrected chi connectivity index (χ1v) is 8.73. The van der Waals surface area contributed by atoms with Gasteiger partial charge in [0.25, 0.3) is 0 Å². The molecular formula is C13H23IN4S2. The number of hydrogen-bond acceptors (Lipinski definition) is 4. The van der Waals surface area contributed by atoms with E-state index in [4.69, 9.17) is 0 Å². The van der Waals surface area contributed by atoms with Gasteiger partial charge in [0.1, 0.15) is 4.34 Å². The number of nitrogens with one attached hydrogen (secondary N) is 2. The molecule has 1 fully saturated rings. The highest BCUT2D eigenvalue weighted by atomic mass is 127. The number of halogens is 1. The molecule has 2 N–H and O–H groups in total. The second-order valence-corrected chi connectivity index (χ2v) is 6.96. The van der Waals surface area contributed by atoms with Gasteiger partial charge in [-0.15, -0.1) is 35.3 Å². The fraction of sp³-hybridized carbons (Fsp3) is 0.692. The molecule has 1 aliphatic carbocycles. The molecular weight excluding hydrogens is 403 g/mol. The molecule has 0 radical (unpaired) electrons. The Morgan fingerprint density at radius 1 is 1.60 bits per heavy atom. The van der Waals surface area contributed by atoms with E-state index in [0.29, 0.717) is 6.04 Å². The van der Waals surface area contributed by atoms with Crippen LogP contribution < -0.4 is 10.6 Å². The van der Waals surface area contributed by atoms with Crippen molar-refractivity contribution in [2.75, 3.05) is 18.8 Å². The fourth-order valence-electron chi connectivity index (χ4n) is 1.72. The molecule has 1 heterocycles. The van der Waals surface area contributed by atoms with Crippen LogP contribution in [0.25, 0.3) is 0 Å². The van der Waals surface area contributed by atoms with E-state index in [-0.39, 0.29) is 24.0 Å². The number of hydrogen-bond donors (Lipinski definition) is 2. The first kappa shape index (κ1) is 18.0. The summed E-state index contributed by atoms with van der Waals surface area (Å²) in [4.78, 5) is 8.87. The predicted octanol–water partition coefficient (Wildman–Crippen LogP) is 3.21. The highest BCUT2D eigenvalue weighted by molar-refractivity contribution is 14.0. The summed E-state index contributed by atoms with van der Waals surface area (Å²) < 4.78 is 1.15. The van der Waals surface area contributed by atoms with Crippen LogP contribution >= 0.6 is 47.1 Å². The highest BCUT2D eigenvalue weighted by Crippen LogP contribution is 2.28. The summed E-state index contributed by atoms with van der Waals surface area (Å²) >= 11 is 3.52. The Balaban J connectivity index is 0.00000200. The van der Waals surface area contributed by atoms with E-state index < -0.39 is 0 Å². The average Bonchev–Trinajstić information content (AvgIpc) is 2.90. The molecule has 0 bridgehead atoms. The molecule has 4 nitrogen and oxygen atoms in total. The van der Waals surface area contributed by atoms with Gasteiger partial charge in [0.05, 0.1) is 0 Å². The maximum absolute atomic E-state index is 4.61. The van der Waals surface area contributed by atoms with Gasteiger partial charge in [0.2, 0.25) is 0 Å². The van der Waals surface area contributed by atoms with Crippen LogP contribution in [0.2, 0.25) is 0 Å². The molecule has 1 aromatic heterocycles. The number of thioether (sulfide) groups is 1. The van der Waals surface area contributed by atoms with Crippen LogP contribution in [0.1, 0.15) is 26.7 Å². The molecule has 2 atom stereocenters. The van der Waals surface area contributed by atoms with Gasteiger partial charge in [-0.1, -0.05) is 18.7 Å². The van der Waals surface area contributed by atoms with Crippen LogP contribution in [0.4, 0.5) is 0 Å². The van der Waals surface area contributed by atoms with E-state index >= 15 is 0 Å². The van der Waals surface area contributed by atoms with Crippen molar-refractivity contribution in [2.45, 2.75) is 37.1 Å². The average molecular weight is 426 g/mol.